The van der Waals surface area contributed by atoms with E-state index in [1.54, 1.807) is 0 Å². The summed E-state index contributed by atoms with van der Waals surface area (Å²) in [6.07, 6.45) is 0.873. The Balaban J connectivity index is 2.81. The van der Waals surface area contributed by atoms with Crippen molar-refractivity contribution in [3.8, 4) is 0 Å². The standard InChI is InChI=1S/C9H13N3O2/c1-3-6-10-9(14)7-4-5-8(13)12(2)11-7/h4-5H,3,6H2,1-2H3,(H,10,14). The van der Waals surface area contributed by atoms with Crippen LogP contribution in [-0.2, 0) is 7.05 Å². The summed E-state index contributed by atoms with van der Waals surface area (Å²) in [5.74, 6) is -0.248. The van der Waals surface area contributed by atoms with Crippen molar-refractivity contribution < 1.29 is 4.79 Å². The molecule has 1 N–H and O–H groups in total. The lowest BCUT2D eigenvalue weighted by Crippen LogP contribution is -2.28. The van der Waals surface area contributed by atoms with Crippen LogP contribution in [0.15, 0.2) is 16.9 Å². The molecule has 76 valence electrons. The summed E-state index contributed by atoms with van der Waals surface area (Å²) in [6.45, 7) is 2.58. The van der Waals surface area contributed by atoms with Crippen LogP contribution in [-0.4, -0.2) is 22.2 Å². The molecule has 1 heterocycles. The Morgan fingerprint density at radius 1 is 1.57 bits per heavy atom. The number of hydrogen-bond acceptors (Lipinski definition) is 3. The van der Waals surface area contributed by atoms with Gasteiger partial charge in [0.1, 0.15) is 5.69 Å². The van der Waals surface area contributed by atoms with Crippen molar-refractivity contribution in [2.45, 2.75) is 13.3 Å². The van der Waals surface area contributed by atoms with Crippen LogP contribution >= 0.6 is 0 Å². The number of aryl methyl sites for hydroxylation is 1. The maximum atomic E-state index is 11.4. The summed E-state index contributed by atoms with van der Waals surface area (Å²) in [7, 11) is 1.51. The van der Waals surface area contributed by atoms with Crippen molar-refractivity contribution in [3.05, 3.63) is 28.2 Å². The molecular weight excluding hydrogens is 182 g/mol. The molecule has 5 nitrogen and oxygen atoms in total. The maximum Gasteiger partial charge on any atom is 0.271 e. The molecule has 14 heavy (non-hydrogen) atoms. The summed E-state index contributed by atoms with van der Waals surface area (Å²) in [5, 5.41) is 6.50. The number of amides is 1. The lowest BCUT2D eigenvalue weighted by atomic mass is 10.3. The van der Waals surface area contributed by atoms with Gasteiger partial charge in [-0.05, 0) is 12.5 Å². The van der Waals surface area contributed by atoms with Crippen LogP contribution < -0.4 is 10.9 Å². The molecule has 0 aliphatic rings. The molecule has 0 bridgehead atoms. The van der Waals surface area contributed by atoms with Gasteiger partial charge in [0.2, 0.25) is 0 Å². The first-order valence-electron chi connectivity index (χ1n) is 4.47. The van der Waals surface area contributed by atoms with Crippen LogP contribution in [0.4, 0.5) is 0 Å². The van der Waals surface area contributed by atoms with E-state index in [-0.39, 0.29) is 17.2 Å². The smallest absolute Gasteiger partial charge is 0.271 e. The molecule has 5 heteroatoms. The molecule has 0 saturated carbocycles. The molecule has 0 radical (unpaired) electrons. The van der Waals surface area contributed by atoms with Crippen LogP contribution in [0.1, 0.15) is 23.8 Å². The molecule has 0 aliphatic heterocycles. The number of nitrogens with zero attached hydrogens (tertiary/aromatic N) is 2. The third-order valence-corrected chi connectivity index (χ3v) is 1.73. The fourth-order valence-electron chi connectivity index (χ4n) is 0.952. The number of carbonyl (C=O) groups excluding carboxylic acids is 1. The van der Waals surface area contributed by atoms with Gasteiger partial charge < -0.3 is 5.32 Å². The minimum Gasteiger partial charge on any atom is -0.351 e. The van der Waals surface area contributed by atoms with Gasteiger partial charge in [-0.3, -0.25) is 9.59 Å². The second-order valence-electron chi connectivity index (χ2n) is 2.94. The Hall–Kier alpha value is -1.65. The van der Waals surface area contributed by atoms with E-state index in [1.165, 1.54) is 19.2 Å². The Bertz CT molecular complexity index is 384. The van der Waals surface area contributed by atoms with Gasteiger partial charge in [0.25, 0.3) is 11.5 Å². The highest BCUT2D eigenvalue weighted by Crippen LogP contribution is 1.89. The predicted molar refractivity (Wildman–Crippen MR) is 52.1 cm³/mol. The lowest BCUT2D eigenvalue weighted by Gasteiger charge is -2.03. The number of carbonyl (C=O) groups is 1. The van der Waals surface area contributed by atoms with E-state index in [0.29, 0.717) is 6.54 Å². The molecule has 0 aromatic carbocycles. The molecule has 1 aromatic rings. The Morgan fingerprint density at radius 2 is 2.29 bits per heavy atom. The van der Waals surface area contributed by atoms with Gasteiger partial charge in [-0.25, -0.2) is 4.68 Å². The third-order valence-electron chi connectivity index (χ3n) is 1.73. The van der Waals surface area contributed by atoms with E-state index in [0.717, 1.165) is 11.1 Å². The highest BCUT2D eigenvalue weighted by molar-refractivity contribution is 5.91. The Kier molecular flexibility index (Phi) is 3.39. The number of nitrogens with one attached hydrogen (secondary N) is 1. The molecule has 1 amide bonds. The summed E-state index contributed by atoms with van der Waals surface area (Å²) in [4.78, 5) is 22.4. The average Bonchev–Trinajstić information content (AvgIpc) is 2.18. The fraction of sp³-hybridized carbons (Fsp3) is 0.444. The van der Waals surface area contributed by atoms with E-state index in [4.69, 9.17) is 0 Å². The lowest BCUT2D eigenvalue weighted by molar-refractivity contribution is 0.0946. The van der Waals surface area contributed by atoms with E-state index in [1.807, 2.05) is 6.92 Å². The summed E-state index contributed by atoms with van der Waals surface area (Å²) in [5.41, 5.74) is 0.0394. The van der Waals surface area contributed by atoms with Crippen molar-refractivity contribution in [2.75, 3.05) is 6.54 Å². The van der Waals surface area contributed by atoms with Crippen molar-refractivity contribution >= 4 is 5.91 Å². The number of rotatable bonds is 3. The Labute approximate surface area is 81.7 Å². The van der Waals surface area contributed by atoms with E-state index in [2.05, 4.69) is 10.4 Å². The number of hydrogen-bond donors (Lipinski definition) is 1. The third kappa shape index (κ3) is 2.42. The van der Waals surface area contributed by atoms with Crippen molar-refractivity contribution in [1.29, 1.82) is 0 Å². The largest absolute Gasteiger partial charge is 0.351 e. The van der Waals surface area contributed by atoms with E-state index in [9.17, 15) is 9.59 Å². The van der Waals surface area contributed by atoms with Crippen LogP contribution in [0.25, 0.3) is 0 Å². The number of aromatic nitrogens is 2. The summed E-state index contributed by atoms with van der Waals surface area (Å²) >= 11 is 0. The molecule has 1 aromatic heterocycles. The van der Waals surface area contributed by atoms with Crippen molar-refractivity contribution in [3.63, 3.8) is 0 Å². The fourth-order valence-corrected chi connectivity index (χ4v) is 0.952. The molecular formula is C9H13N3O2. The quantitative estimate of drug-likeness (QED) is 0.733. The molecule has 0 unspecified atom stereocenters. The SMILES string of the molecule is CCCNC(=O)c1ccc(=O)n(C)n1. The van der Waals surface area contributed by atoms with Gasteiger partial charge in [-0.1, -0.05) is 6.92 Å². The van der Waals surface area contributed by atoms with Gasteiger partial charge in [-0.15, -0.1) is 0 Å². The molecule has 0 saturated heterocycles. The van der Waals surface area contributed by atoms with Gasteiger partial charge in [0, 0.05) is 19.7 Å². The van der Waals surface area contributed by atoms with E-state index < -0.39 is 0 Å². The van der Waals surface area contributed by atoms with E-state index >= 15 is 0 Å². The normalized spacial score (nSPS) is 9.86. The molecule has 0 aliphatic carbocycles. The zero-order valence-electron chi connectivity index (χ0n) is 8.28. The summed E-state index contributed by atoms with van der Waals surface area (Å²) in [6, 6.07) is 2.75. The molecule has 0 spiro atoms. The molecule has 0 fully saturated rings. The Morgan fingerprint density at radius 3 is 2.86 bits per heavy atom. The van der Waals surface area contributed by atoms with Crippen LogP contribution in [0, 0.1) is 0 Å². The van der Waals surface area contributed by atoms with Gasteiger partial charge in [0.05, 0.1) is 0 Å². The first kappa shape index (κ1) is 10.4. The first-order valence-corrected chi connectivity index (χ1v) is 4.47. The van der Waals surface area contributed by atoms with Gasteiger partial charge >= 0.3 is 0 Å². The monoisotopic (exact) mass is 195 g/mol. The minimum atomic E-state index is -0.248. The second-order valence-corrected chi connectivity index (χ2v) is 2.94. The molecule has 0 atom stereocenters. The van der Waals surface area contributed by atoms with Crippen LogP contribution in [0.2, 0.25) is 0 Å². The first-order chi connectivity index (χ1) is 6.65. The second kappa shape index (κ2) is 4.55. The summed E-state index contributed by atoms with van der Waals surface area (Å²) < 4.78 is 1.14. The predicted octanol–water partition coefficient (Wildman–Crippen LogP) is -0.0799. The van der Waals surface area contributed by atoms with Crippen molar-refractivity contribution in [2.24, 2.45) is 7.05 Å². The van der Waals surface area contributed by atoms with Gasteiger partial charge in [0.15, 0.2) is 0 Å². The van der Waals surface area contributed by atoms with Gasteiger partial charge in [-0.2, -0.15) is 5.10 Å². The average molecular weight is 195 g/mol. The highest BCUT2D eigenvalue weighted by atomic mass is 16.2. The van der Waals surface area contributed by atoms with Crippen molar-refractivity contribution in [1.82, 2.24) is 15.1 Å². The zero-order valence-corrected chi connectivity index (χ0v) is 8.28. The zero-order chi connectivity index (χ0) is 10.6. The highest BCUT2D eigenvalue weighted by Gasteiger charge is 2.06. The van der Waals surface area contributed by atoms with Crippen LogP contribution in [0.3, 0.4) is 0 Å². The minimum absolute atomic E-state index is 0.225. The molecule has 1 rings (SSSR count). The maximum absolute atomic E-state index is 11.4. The van der Waals surface area contributed by atoms with Crippen LogP contribution in [0.5, 0.6) is 0 Å². The topological polar surface area (TPSA) is 64.0 Å².